The summed E-state index contributed by atoms with van der Waals surface area (Å²) in [5, 5.41) is 0. The van der Waals surface area contributed by atoms with Crippen LogP contribution in [-0.2, 0) is 0 Å². The van der Waals surface area contributed by atoms with E-state index in [-0.39, 0.29) is 0 Å². The molecule has 0 spiro atoms. The molecule has 0 bridgehead atoms. The summed E-state index contributed by atoms with van der Waals surface area (Å²) in [6.45, 7) is 14.0. The lowest BCUT2D eigenvalue weighted by molar-refractivity contribution is 0.306. The molecule has 21 heavy (non-hydrogen) atoms. The molecule has 0 saturated heterocycles. The van der Waals surface area contributed by atoms with E-state index in [0.29, 0.717) is 18.9 Å². The van der Waals surface area contributed by atoms with Gasteiger partial charge in [0.05, 0.1) is 0 Å². The zero-order valence-electron chi connectivity index (χ0n) is 14.2. The van der Waals surface area contributed by atoms with E-state index in [1.165, 1.54) is 16.6 Å². The van der Waals surface area contributed by atoms with Crippen molar-refractivity contribution in [3.8, 4) is 0 Å². The van der Waals surface area contributed by atoms with E-state index >= 15 is 0 Å². The smallest absolute Gasteiger partial charge is 0.286 e. The second kappa shape index (κ2) is 6.53. The standard InChI is InChI=1S/C18H27BN2/c1-14(2)21(15(3)4)19-16(5)12-20(13-17(19)6)18-10-8-7-9-11-18/h7-15H,1-6H3. The number of para-hydroxylation sites is 1. The SMILES string of the molecule is CC1=CN(c2ccccc2)C=C(C)B1N(C(C)C)C(C)C. The summed E-state index contributed by atoms with van der Waals surface area (Å²) in [6.07, 6.45) is 4.54. The summed E-state index contributed by atoms with van der Waals surface area (Å²) >= 11 is 0. The second-order valence-corrected chi connectivity index (χ2v) is 6.53. The van der Waals surface area contributed by atoms with Crippen molar-refractivity contribution in [1.29, 1.82) is 0 Å². The lowest BCUT2D eigenvalue weighted by Gasteiger charge is -2.40. The fourth-order valence-corrected chi connectivity index (χ4v) is 3.39. The fraction of sp³-hybridized carbons (Fsp3) is 0.444. The Labute approximate surface area is 130 Å². The van der Waals surface area contributed by atoms with E-state index in [2.05, 4.69) is 94.0 Å². The predicted octanol–water partition coefficient (Wildman–Crippen LogP) is 4.50. The molecule has 1 aliphatic heterocycles. The number of hydrogen-bond donors (Lipinski definition) is 0. The summed E-state index contributed by atoms with van der Waals surface area (Å²) < 4.78 is 0. The summed E-state index contributed by atoms with van der Waals surface area (Å²) in [5.74, 6) is 0. The van der Waals surface area contributed by atoms with Gasteiger partial charge in [-0.3, -0.25) is 0 Å². The number of hydrogen-bond acceptors (Lipinski definition) is 2. The monoisotopic (exact) mass is 282 g/mol. The summed E-state index contributed by atoms with van der Waals surface area (Å²) in [5.41, 5.74) is 4.03. The molecule has 1 aliphatic rings. The van der Waals surface area contributed by atoms with Gasteiger partial charge in [-0.25, -0.2) is 0 Å². The highest BCUT2D eigenvalue weighted by Crippen LogP contribution is 2.27. The van der Waals surface area contributed by atoms with Crippen molar-refractivity contribution >= 4 is 12.5 Å². The third kappa shape index (κ3) is 3.41. The minimum Gasteiger partial charge on any atom is -0.330 e. The molecule has 0 unspecified atom stereocenters. The highest BCUT2D eigenvalue weighted by atomic mass is 15.1. The normalized spacial score (nSPS) is 15.9. The third-order valence-electron chi connectivity index (χ3n) is 4.09. The Morgan fingerprint density at radius 1 is 0.857 bits per heavy atom. The first kappa shape index (κ1) is 15.9. The van der Waals surface area contributed by atoms with E-state index in [1.54, 1.807) is 0 Å². The summed E-state index contributed by atoms with van der Waals surface area (Å²) in [6, 6.07) is 11.6. The fourth-order valence-electron chi connectivity index (χ4n) is 3.39. The van der Waals surface area contributed by atoms with Crippen molar-refractivity contribution in [2.45, 2.75) is 53.6 Å². The van der Waals surface area contributed by atoms with Gasteiger partial charge < -0.3 is 9.71 Å². The van der Waals surface area contributed by atoms with Gasteiger partial charge >= 0.3 is 0 Å². The average molecular weight is 282 g/mol. The van der Waals surface area contributed by atoms with Crippen molar-refractivity contribution < 1.29 is 0 Å². The number of nitrogens with zero attached hydrogens (tertiary/aromatic N) is 2. The van der Waals surface area contributed by atoms with Crippen LogP contribution in [0.4, 0.5) is 5.69 Å². The van der Waals surface area contributed by atoms with Gasteiger partial charge in [0, 0.05) is 18.1 Å². The largest absolute Gasteiger partial charge is 0.330 e. The van der Waals surface area contributed by atoms with E-state index in [9.17, 15) is 0 Å². The molecule has 0 N–H and O–H groups in total. The zero-order valence-corrected chi connectivity index (χ0v) is 14.2. The van der Waals surface area contributed by atoms with Crippen molar-refractivity contribution in [3.63, 3.8) is 0 Å². The average Bonchev–Trinajstić information content (AvgIpc) is 2.42. The highest BCUT2D eigenvalue weighted by molar-refractivity contribution is 6.71. The number of rotatable bonds is 4. The number of anilines is 1. The van der Waals surface area contributed by atoms with Gasteiger partial charge in [-0.15, -0.1) is 0 Å². The summed E-state index contributed by atoms with van der Waals surface area (Å²) in [7, 11) is 0. The Hall–Kier alpha value is -1.48. The van der Waals surface area contributed by atoms with Gasteiger partial charge in [-0.2, -0.15) is 0 Å². The van der Waals surface area contributed by atoms with Crippen LogP contribution in [-0.4, -0.2) is 23.7 Å². The molecule has 0 atom stereocenters. The van der Waals surface area contributed by atoms with Gasteiger partial charge in [0.1, 0.15) is 0 Å². The highest BCUT2D eigenvalue weighted by Gasteiger charge is 2.33. The van der Waals surface area contributed by atoms with Crippen LogP contribution in [0.15, 0.2) is 53.7 Å². The third-order valence-corrected chi connectivity index (χ3v) is 4.09. The Kier molecular flexibility index (Phi) is 4.94. The molecule has 0 aromatic heterocycles. The number of benzene rings is 1. The molecule has 3 heteroatoms. The molecule has 0 radical (unpaired) electrons. The van der Waals surface area contributed by atoms with Gasteiger partial charge in [-0.05, 0) is 38.1 Å². The Morgan fingerprint density at radius 2 is 1.33 bits per heavy atom. The van der Waals surface area contributed by atoms with Crippen LogP contribution < -0.4 is 4.90 Å². The molecular formula is C18H27BN2. The number of allylic oxidation sites excluding steroid dienone is 2. The van der Waals surface area contributed by atoms with E-state index in [1.807, 2.05) is 0 Å². The van der Waals surface area contributed by atoms with Crippen LogP contribution in [0.1, 0.15) is 41.5 Å². The Bertz CT molecular complexity index is 503. The maximum Gasteiger partial charge on any atom is 0.286 e. The summed E-state index contributed by atoms with van der Waals surface area (Å²) in [4.78, 5) is 4.82. The minimum atomic E-state index is 0.407. The van der Waals surface area contributed by atoms with Crippen molar-refractivity contribution in [2.75, 3.05) is 4.90 Å². The van der Waals surface area contributed by atoms with Crippen molar-refractivity contribution in [3.05, 3.63) is 53.7 Å². The van der Waals surface area contributed by atoms with Gasteiger partial charge in [0.25, 0.3) is 6.85 Å². The van der Waals surface area contributed by atoms with Gasteiger partial charge in [-0.1, -0.05) is 56.8 Å². The van der Waals surface area contributed by atoms with Crippen LogP contribution in [0.5, 0.6) is 0 Å². The lowest BCUT2D eigenvalue weighted by Crippen LogP contribution is -2.51. The maximum atomic E-state index is 2.58. The Morgan fingerprint density at radius 3 is 1.76 bits per heavy atom. The molecule has 1 aromatic carbocycles. The molecule has 0 saturated carbocycles. The molecular weight excluding hydrogens is 255 g/mol. The van der Waals surface area contributed by atoms with Crippen LogP contribution in [0.3, 0.4) is 0 Å². The quantitative estimate of drug-likeness (QED) is 0.750. The molecule has 1 aromatic rings. The van der Waals surface area contributed by atoms with Crippen molar-refractivity contribution in [1.82, 2.24) is 4.81 Å². The lowest BCUT2D eigenvalue weighted by atomic mass is 9.47. The van der Waals surface area contributed by atoms with Crippen LogP contribution in [0.25, 0.3) is 0 Å². The maximum absolute atomic E-state index is 2.58. The van der Waals surface area contributed by atoms with Gasteiger partial charge in [0.2, 0.25) is 0 Å². The predicted molar refractivity (Wildman–Crippen MR) is 94.3 cm³/mol. The van der Waals surface area contributed by atoms with Crippen LogP contribution in [0, 0.1) is 0 Å². The molecule has 1 heterocycles. The first-order valence-electron chi connectivity index (χ1n) is 7.89. The van der Waals surface area contributed by atoms with Crippen LogP contribution in [0.2, 0.25) is 0 Å². The zero-order chi connectivity index (χ0) is 15.6. The van der Waals surface area contributed by atoms with Crippen LogP contribution >= 0.6 is 0 Å². The second-order valence-electron chi connectivity index (χ2n) is 6.53. The molecule has 2 rings (SSSR count). The van der Waals surface area contributed by atoms with E-state index in [4.69, 9.17) is 0 Å². The minimum absolute atomic E-state index is 0.407. The first-order valence-corrected chi connectivity index (χ1v) is 7.89. The molecule has 0 aliphatic carbocycles. The van der Waals surface area contributed by atoms with E-state index in [0.717, 1.165) is 0 Å². The topological polar surface area (TPSA) is 6.48 Å². The van der Waals surface area contributed by atoms with Crippen molar-refractivity contribution in [2.24, 2.45) is 0 Å². The van der Waals surface area contributed by atoms with E-state index < -0.39 is 0 Å². The first-order chi connectivity index (χ1) is 9.91. The van der Waals surface area contributed by atoms with Gasteiger partial charge in [0.15, 0.2) is 0 Å². The molecule has 2 nitrogen and oxygen atoms in total. The molecule has 0 amide bonds. The Balaban J connectivity index is 2.32. The molecule has 0 fully saturated rings. The molecule has 112 valence electrons.